The molecule has 1 amide bonds. The first kappa shape index (κ1) is 17.6. The zero-order valence-corrected chi connectivity index (χ0v) is 14.3. The van der Waals surface area contributed by atoms with Gasteiger partial charge in [0.2, 0.25) is 0 Å². The Morgan fingerprint density at radius 2 is 1.95 bits per heavy atom. The highest BCUT2D eigenvalue weighted by Gasteiger charge is 2.23. The maximum absolute atomic E-state index is 12.1. The molecule has 0 spiro atoms. The molecule has 20 heavy (non-hydrogen) atoms. The molecule has 0 aliphatic carbocycles. The van der Waals surface area contributed by atoms with Gasteiger partial charge in [-0.15, -0.1) is 11.8 Å². The van der Waals surface area contributed by atoms with Crippen molar-refractivity contribution >= 4 is 40.9 Å². The van der Waals surface area contributed by atoms with Crippen LogP contribution < -0.4 is 5.32 Å². The molecule has 0 saturated heterocycles. The number of halogens is 2. The lowest BCUT2D eigenvalue weighted by molar-refractivity contribution is 0.0587. The maximum Gasteiger partial charge on any atom is 0.252 e. The second-order valence-corrected chi connectivity index (χ2v) is 7.22. The fraction of sp³-hybridized carbons (Fsp3) is 0.500. The summed E-state index contributed by atoms with van der Waals surface area (Å²) in [5, 5.41) is 13.4. The number of thioether (sulfide) groups is 1. The highest BCUT2D eigenvalue weighted by Crippen LogP contribution is 2.31. The minimum atomic E-state index is -0.627. The van der Waals surface area contributed by atoms with E-state index >= 15 is 0 Å². The molecule has 112 valence electrons. The van der Waals surface area contributed by atoms with Crippen LogP contribution in [0.4, 0.5) is 0 Å². The van der Waals surface area contributed by atoms with Crippen LogP contribution in [-0.2, 0) is 0 Å². The van der Waals surface area contributed by atoms with E-state index in [4.69, 9.17) is 23.2 Å². The molecule has 6 heteroatoms. The smallest absolute Gasteiger partial charge is 0.252 e. The molecular weight excluding hydrogens is 317 g/mol. The van der Waals surface area contributed by atoms with Crippen molar-refractivity contribution in [2.24, 2.45) is 5.41 Å². The number of hydrogen-bond acceptors (Lipinski definition) is 3. The quantitative estimate of drug-likeness (QED) is 0.821. The Morgan fingerprint density at radius 1 is 1.35 bits per heavy atom. The van der Waals surface area contributed by atoms with Gasteiger partial charge in [-0.1, -0.05) is 44.0 Å². The van der Waals surface area contributed by atoms with Crippen LogP contribution >= 0.6 is 35.0 Å². The van der Waals surface area contributed by atoms with Gasteiger partial charge in [-0.05, 0) is 23.8 Å². The minimum absolute atomic E-state index is 0.176. The molecule has 0 heterocycles. The molecule has 3 nitrogen and oxygen atoms in total. The van der Waals surface area contributed by atoms with E-state index in [1.807, 2.05) is 27.0 Å². The Hall–Kier alpha value is -0.420. The van der Waals surface area contributed by atoms with Gasteiger partial charge in [0.15, 0.2) is 0 Å². The molecule has 1 atom stereocenters. The summed E-state index contributed by atoms with van der Waals surface area (Å²) in [5.74, 6) is -0.315. The van der Waals surface area contributed by atoms with E-state index < -0.39 is 6.10 Å². The van der Waals surface area contributed by atoms with Crippen LogP contribution in [0.1, 0.15) is 31.1 Å². The number of amides is 1. The summed E-state index contributed by atoms with van der Waals surface area (Å²) in [6, 6.07) is 3.22. The van der Waals surface area contributed by atoms with Crippen molar-refractivity contribution in [1.82, 2.24) is 5.32 Å². The van der Waals surface area contributed by atoms with E-state index in [0.717, 1.165) is 4.90 Å². The predicted molar refractivity (Wildman–Crippen MR) is 86.0 cm³/mol. The molecule has 0 aromatic heterocycles. The lowest BCUT2D eigenvalue weighted by Gasteiger charge is -2.26. The van der Waals surface area contributed by atoms with Gasteiger partial charge in [0, 0.05) is 11.4 Å². The van der Waals surface area contributed by atoms with Crippen molar-refractivity contribution in [2.45, 2.75) is 31.8 Å². The average molecular weight is 336 g/mol. The summed E-state index contributed by atoms with van der Waals surface area (Å²) < 4.78 is 0. The molecule has 0 saturated carbocycles. The van der Waals surface area contributed by atoms with Crippen LogP contribution in [-0.4, -0.2) is 29.9 Å². The summed E-state index contributed by atoms with van der Waals surface area (Å²) in [6.07, 6.45) is 1.25. The van der Waals surface area contributed by atoms with Gasteiger partial charge >= 0.3 is 0 Å². The Morgan fingerprint density at radius 3 is 2.45 bits per heavy atom. The van der Waals surface area contributed by atoms with Crippen molar-refractivity contribution in [3.05, 3.63) is 27.7 Å². The summed E-state index contributed by atoms with van der Waals surface area (Å²) in [7, 11) is 0. The second-order valence-electron chi connectivity index (χ2n) is 5.56. The Balaban J connectivity index is 2.83. The molecule has 0 fully saturated rings. The Labute approximate surface area is 134 Å². The number of aliphatic hydroxyl groups excluding tert-OH is 1. The summed E-state index contributed by atoms with van der Waals surface area (Å²) >= 11 is 13.5. The largest absolute Gasteiger partial charge is 0.391 e. The topological polar surface area (TPSA) is 49.3 Å². The Bertz CT molecular complexity index is 501. The third kappa shape index (κ3) is 4.55. The number of hydrogen-bond donors (Lipinski definition) is 2. The SMILES string of the molecule is CSc1cc(C(=O)NCC(O)C(C)(C)C)c(Cl)cc1Cl. The van der Waals surface area contributed by atoms with Crippen molar-refractivity contribution in [2.75, 3.05) is 12.8 Å². The minimum Gasteiger partial charge on any atom is -0.391 e. The van der Waals surface area contributed by atoms with Gasteiger partial charge < -0.3 is 10.4 Å². The third-order valence-electron chi connectivity index (χ3n) is 2.94. The molecule has 0 radical (unpaired) electrons. The number of nitrogens with one attached hydrogen (secondary N) is 1. The second kappa shape index (κ2) is 7.03. The fourth-order valence-corrected chi connectivity index (χ4v) is 2.64. The predicted octanol–water partition coefficient (Wildman–Crippen LogP) is 3.85. The molecule has 2 N–H and O–H groups in total. The monoisotopic (exact) mass is 335 g/mol. The highest BCUT2D eigenvalue weighted by molar-refractivity contribution is 7.98. The molecular formula is C14H19Cl2NO2S. The average Bonchev–Trinajstić information content (AvgIpc) is 2.34. The molecule has 1 aromatic carbocycles. The number of carbonyl (C=O) groups is 1. The maximum atomic E-state index is 12.1. The number of benzene rings is 1. The standard InChI is InChI=1S/C14H19Cl2NO2S/c1-14(2,3)12(18)7-17-13(19)8-5-11(20-4)10(16)6-9(8)15/h5-6,12,18H,7H2,1-4H3,(H,17,19). The van der Waals surface area contributed by atoms with Gasteiger partial charge in [0.1, 0.15) is 0 Å². The third-order valence-corrected chi connectivity index (χ3v) is 4.46. The molecule has 0 aliphatic rings. The van der Waals surface area contributed by atoms with Crippen molar-refractivity contribution in [3.8, 4) is 0 Å². The van der Waals surface area contributed by atoms with Crippen LogP contribution in [0.2, 0.25) is 10.0 Å². The lowest BCUT2D eigenvalue weighted by Crippen LogP contribution is -2.39. The van der Waals surface area contributed by atoms with E-state index in [9.17, 15) is 9.90 Å². The van der Waals surface area contributed by atoms with Crippen LogP contribution in [0, 0.1) is 5.41 Å². The summed E-state index contributed by atoms with van der Waals surface area (Å²) in [6.45, 7) is 5.90. The van der Waals surface area contributed by atoms with Crippen LogP contribution in [0.3, 0.4) is 0 Å². The van der Waals surface area contributed by atoms with Gasteiger partial charge in [0.05, 0.1) is 21.7 Å². The van der Waals surface area contributed by atoms with Crippen LogP contribution in [0.15, 0.2) is 17.0 Å². The first-order valence-electron chi connectivity index (χ1n) is 6.16. The van der Waals surface area contributed by atoms with Crippen LogP contribution in [0.25, 0.3) is 0 Å². The normalized spacial score (nSPS) is 13.2. The zero-order chi connectivity index (χ0) is 15.5. The van der Waals surface area contributed by atoms with E-state index in [-0.39, 0.29) is 17.9 Å². The number of carbonyl (C=O) groups excluding carboxylic acids is 1. The lowest BCUT2D eigenvalue weighted by atomic mass is 9.89. The summed E-state index contributed by atoms with van der Waals surface area (Å²) in [5.41, 5.74) is 0.0723. The van der Waals surface area contributed by atoms with Gasteiger partial charge in [-0.2, -0.15) is 0 Å². The van der Waals surface area contributed by atoms with Gasteiger partial charge in [0.25, 0.3) is 5.91 Å². The molecule has 0 aliphatic heterocycles. The van der Waals surface area contributed by atoms with Gasteiger partial charge in [-0.25, -0.2) is 0 Å². The molecule has 1 aromatic rings. The molecule has 1 rings (SSSR count). The van der Waals surface area contributed by atoms with E-state index in [2.05, 4.69) is 5.32 Å². The zero-order valence-electron chi connectivity index (χ0n) is 12.0. The first-order chi connectivity index (χ1) is 9.16. The van der Waals surface area contributed by atoms with Crippen molar-refractivity contribution in [3.63, 3.8) is 0 Å². The fourth-order valence-electron chi connectivity index (χ4n) is 1.45. The Kier molecular flexibility index (Phi) is 6.20. The summed E-state index contributed by atoms with van der Waals surface area (Å²) in [4.78, 5) is 12.9. The van der Waals surface area contributed by atoms with Crippen molar-refractivity contribution < 1.29 is 9.90 Å². The van der Waals surface area contributed by atoms with E-state index in [1.165, 1.54) is 11.8 Å². The molecule has 0 bridgehead atoms. The van der Waals surface area contributed by atoms with Crippen molar-refractivity contribution in [1.29, 1.82) is 0 Å². The van der Waals surface area contributed by atoms with Crippen LogP contribution in [0.5, 0.6) is 0 Å². The first-order valence-corrected chi connectivity index (χ1v) is 8.14. The molecule has 1 unspecified atom stereocenters. The van der Waals surface area contributed by atoms with E-state index in [0.29, 0.717) is 15.6 Å². The highest BCUT2D eigenvalue weighted by atomic mass is 35.5. The number of rotatable bonds is 4. The van der Waals surface area contributed by atoms with E-state index in [1.54, 1.807) is 12.1 Å². The number of aliphatic hydroxyl groups is 1. The van der Waals surface area contributed by atoms with Gasteiger partial charge in [-0.3, -0.25) is 4.79 Å².